The quantitative estimate of drug-likeness (QED) is 0.173. The van der Waals surface area contributed by atoms with Crippen LogP contribution < -0.4 is 4.90 Å². The van der Waals surface area contributed by atoms with Crippen molar-refractivity contribution in [2.75, 3.05) is 4.90 Å². The first kappa shape index (κ1) is 35.1. The first-order chi connectivity index (χ1) is 27.9. The molecule has 58 heavy (non-hydrogen) atoms. The number of benzene rings is 6. The van der Waals surface area contributed by atoms with E-state index >= 15 is 0 Å². The molecular formula is C57H57N. The van der Waals surface area contributed by atoms with Gasteiger partial charge in [-0.1, -0.05) is 133 Å². The van der Waals surface area contributed by atoms with E-state index in [1.165, 1.54) is 118 Å². The van der Waals surface area contributed by atoms with Gasteiger partial charge in [0.05, 0.1) is 0 Å². The molecule has 7 aliphatic carbocycles. The highest BCUT2D eigenvalue weighted by molar-refractivity contribution is 5.89. The lowest BCUT2D eigenvalue weighted by Crippen LogP contribution is -2.55. The SMILES string of the molecule is CC1(C)CCC(C)(C)c2cc(-c3ccc(N(c4ccc5c(c4)C(C)(C)c4ccccc4-5)c4ccc5c(c4)C4(c6ccccc6-5)C5CC6CC(C5)CC4C6)cc3)ccc21. The second-order valence-corrected chi connectivity index (χ2v) is 21.3. The zero-order valence-electron chi connectivity index (χ0n) is 35.3. The molecule has 0 unspecified atom stereocenters. The van der Waals surface area contributed by atoms with Crippen LogP contribution in [0.2, 0.25) is 0 Å². The van der Waals surface area contributed by atoms with E-state index in [2.05, 4.69) is 174 Å². The van der Waals surface area contributed by atoms with Crippen molar-refractivity contribution in [3.8, 4) is 33.4 Å². The third kappa shape index (κ3) is 4.71. The van der Waals surface area contributed by atoms with Gasteiger partial charge in [-0.3, -0.25) is 0 Å². The molecule has 6 aromatic rings. The molecule has 7 aliphatic rings. The van der Waals surface area contributed by atoms with Gasteiger partial charge in [0.15, 0.2) is 0 Å². The number of nitrogens with zero attached hydrogens (tertiary/aromatic N) is 1. The molecule has 1 heteroatoms. The summed E-state index contributed by atoms with van der Waals surface area (Å²) in [6.45, 7) is 14.5. The molecule has 0 saturated heterocycles. The summed E-state index contributed by atoms with van der Waals surface area (Å²) in [5, 5.41) is 0. The van der Waals surface area contributed by atoms with E-state index in [0.29, 0.717) is 0 Å². The Morgan fingerprint density at radius 3 is 1.55 bits per heavy atom. The van der Waals surface area contributed by atoms with Crippen LogP contribution in [0.25, 0.3) is 33.4 Å². The van der Waals surface area contributed by atoms with Crippen molar-refractivity contribution >= 4 is 17.1 Å². The number of rotatable bonds is 4. The highest BCUT2D eigenvalue weighted by Crippen LogP contribution is 2.69. The molecule has 290 valence electrons. The second-order valence-electron chi connectivity index (χ2n) is 21.3. The van der Waals surface area contributed by atoms with Crippen LogP contribution in [0, 0.1) is 23.7 Å². The van der Waals surface area contributed by atoms with E-state index in [-0.39, 0.29) is 21.7 Å². The standard InChI is InChI=1S/C57H57N/c1-54(2)25-26-55(3,4)53-32-38(17-24-50(53)54)37-15-18-41(19-16-37)58(42-20-22-46-44-11-7-9-13-48(44)56(5,6)51(46)33-42)43-21-23-47-45-12-8-10-14-49(45)57(52(47)34-43)39-28-35-27-36(30-39)31-40(57)29-35/h7-24,32-36,39-40H,25-31H2,1-6H3. The summed E-state index contributed by atoms with van der Waals surface area (Å²) in [5.41, 5.74) is 21.6. The first-order valence-electron chi connectivity index (χ1n) is 22.5. The highest BCUT2D eigenvalue weighted by atomic mass is 15.1. The van der Waals surface area contributed by atoms with Crippen molar-refractivity contribution in [1.82, 2.24) is 0 Å². The molecule has 13 rings (SSSR count). The summed E-state index contributed by atoms with van der Waals surface area (Å²) in [6, 6.07) is 50.3. The number of hydrogen-bond donors (Lipinski definition) is 0. The predicted molar refractivity (Wildman–Crippen MR) is 243 cm³/mol. The predicted octanol–water partition coefficient (Wildman–Crippen LogP) is 15.2. The van der Waals surface area contributed by atoms with Gasteiger partial charge < -0.3 is 4.90 Å². The van der Waals surface area contributed by atoms with Crippen LogP contribution in [0.3, 0.4) is 0 Å². The van der Waals surface area contributed by atoms with Crippen molar-refractivity contribution in [3.05, 3.63) is 161 Å². The molecule has 0 aromatic heterocycles. The normalized spacial score (nSPS) is 26.8. The molecule has 1 nitrogen and oxygen atoms in total. The van der Waals surface area contributed by atoms with Gasteiger partial charge in [0, 0.05) is 27.9 Å². The van der Waals surface area contributed by atoms with Gasteiger partial charge in [0.25, 0.3) is 0 Å². The summed E-state index contributed by atoms with van der Waals surface area (Å²) >= 11 is 0. The lowest BCUT2D eigenvalue weighted by Gasteiger charge is -2.61. The molecule has 0 N–H and O–H groups in total. The Bertz CT molecular complexity index is 2640. The maximum Gasteiger partial charge on any atom is 0.0465 e. The van der Waals surface area contributed by atoms with Crippen LogP contribution >= 0.6 is 0 Å². The van der Waals surface area contributed by atoms with E-state index in [0.717, 1.165) is 23.7 Å². The molecular weight excluding hydrogens is 699 g/mol. The van der Waals surface area contributed by atoms with Crippen LogP contribution in [0.15, 0.2) is 127 Å². The van der Waals surface area contributed by atoms with Crippen LogP contribution in [0.5, 0.6) is 0 Å². The fourth-order valence-electron chi connectivity index (χ4n) is 14.1. The second kappa shape index (κ2) is 11.9. The Kier molecular flexibility index (Phi) is 7.18. The fraction of sp³-hybridized carbons (Fsp3) is 0.368. The molecule has 6 aromatic carbocycles. The van der Waals surface area contributed by atoms with Crippen molar-refractivity contribution in [1.29, 1.82) is 0 Å². The highest BCUT2D eigenvalue weighted by Gasteiger charge is 2.61. The van der Waals surface area contributed by atoms with E-state index in [9.17, 15) is 0 Å². The molecule has 0 amide bonds. The number of anilines is 3. The van der Waals surface area contributed by atoms with Gasteiger partial charge in [-0.2, -0.15) is 0 Å². The van der Waals surface area contributed by atoms with Gasteiger partial charge in [-0.15, -0.1) is 0 Å². The summed E-state index contributed by atoms with van der Waals surface area (Å²) < 4.78 is 0. The Balaban J connectivity index is 1.02. The van der Waals surface area contributed by atoms with Crippen LogP contribution in [0.1, 0.15) is 120 Å². The smallest absolute Gasteiger partial charge is 0.0465 e. The first-order valence-corrected chi connectivity index (χ1v) is 22.5. The van der Waals surface area contributed by atoms with Crippen molar-refractivity contribution < 1.29 is 0 Å². The molecule has 1 spiro atoms. The topological polar surface area (TPSA) is 3.24 Å². The fourth-order valence-corrected chi connectivity index (χ4v) is 14.1. The zero-order valence-corrected chi connectivity index (χ0v) is 35.3. The van der Waals surface area contributed by atoms with Crippen LogP contribution in [0.4, 0.5) is 17.1 Å². The van der Waals surface area contributed by atoms with E-state index in [1.807, 2.05) is 0 Å². The van der Waals surface area contributed by atoms with Gasteiger partial charge in [-0.05, 0) is 183 Å². The Labute approximate surface area is 346 Å². The lowest BCUT2D eigenvalue weighted by molar-refractivity contribution is -0.0399. The third-order valence-corrected chi connectivity index (χ3v) is 16.9. The lowest BCUT2D eigenvalue weighted by atomic mass is 9.43. The number of hydrogen-bond acceptors (Lipinski definition) is 1. The minimum Gasteiger partial charge on any atom is -0.310 e. The Hall–Kier alpha value is -4.88. The average Bonchev–Trinajstić information content (AvgIpc) is 3.64. The summed E-state index contributed by atoms with van der Waals surface area (Å²) in [7, 11) is 0. The summed E-state index contributed by atoms with van der Waals surface area (Å²) in [4.78, 5) is 2.58. The molecule has 0 radical (unpaired) electrons. The van der Waals surface area contributed by atoms with Gasteiger partial charge >= 0.3 is 0 Å². The maximum absolute atomic E-state index is 2.66. The van der Waals surface area contributed by atoms with Crippen molar-refractivity contribution in [3.63, 3.8) is 0 Å². The van der Waals surface area contributed by atoms with Gasteiger partial charge in [-0.25, -0.2) is 0 Å². The van der Waals surface area contributed by atoms with Crippen LogP contribution in [-0.4, -0.2) is 0 Å². The van der Waals surface area contributed by atoms with E-state index in [4.69, 9.17) is 0 Å². The van der Waals surface area contributed by atoms with E-state index in [1.54, 1.807) is 11.1 Å². The molecule has 0 heterocycles. The Morgan fingerprint density at radius 1 is 0.397 bits per heavy atom. The van der Waals surface area contributed by atoms with Crippen LogP contribution in [-0.2, 0) is 21.7 Å². The third-order valence-electron chi connectivity index (χ3n) is 16.9. The molecule has 0 atom stereocenters. The Morgan fingerprint density at radius 2 is 0.897 bits per heavy atom. The van der Waals surface area contributed by atoms with Crippen molar-refractivity contribution in [2.45, 2.75) is 108 Å². The maximum atomic E-state index is 2.66. The van der Waals surface area contributed by atoms with Crippen molar-refractivity contribution in [2.24, 2.45) is 23.7 Å². The molecule has 0 aliphatic heterocycles. The monoisotopic (exact) mass is 755 g/mol. The zero-order chi connectivity index (χ0) is 39.3. The summed E-state index contributed by atoms with van der Waals surface area (Å²) in [6.07, 6.45) is 9.52. The largest absolute Gasteiger partial charge is 0.310 e. The molecule has 4 fully saturated rings. The molecule has 4 bridgehead atoms. The summed E-state index contributed by atoms with van der Waals surface area (Å²) in [5.74, 6) is 3.32. The molecule has 4 saturated carbocycles. The minimum atomic E-state index is -0.0731. The van der Waals surface area contributed by atoms with Gasteiger partial charge in [0.1, 0.15) is 0 Å². The minimum absolute atomic E-state index is 0.0731. The van der Waals surface area contributed by atoms with E-state index < -0.39 is 0 Å². The average molecular weight is 756 g/mol. The van der Waals surface area contributed by atoms with Gasteiger partial charge in [0.2, 0.25) is 0 Å². The number of fused-ring (bicyclic) bond motifs is 7.